The number of rotatable bonds is 5. The number of carbonyl (C=O) groups is 2. The summed E-state index contributed by atoms with van der Waals surface area (Å²) in [6, 6.07) is 16.2. The van der Waals surface area contributed by atoms with Crippen molar-refractivity contribution in [3.8, 4) is 6.07 Å². The van der Waals surface area contributed by atoms with Crippen molar-refractivity contribution in [1.29, 1.82) is 5.26 Å². The number of carbonyl (C=O) groups excluding carboxylic acids is 2. The Balaban J connectivity index is 2.03. The van der Waals surface area contributed by atoms with Crippen LogP contribution < -0.4 is 15.5 Å². The highest BCUT2D eigenvalue weighted by atomic mass is 31.2. The molecule has 2 spiro atoms. The van der Waals surface area contributed by atoms with Crippen LogP contribution in [0, 0.1) is 17.2 Å². The van der Waals surface area contributed by atoms with Crippen molar-refractivity contribution in [3.05, 3.63) is 70.7 Å². The van der Waals surface area contributed by atoms with Crippen LogP contribution in [0.25, 0.3) is 0 Å². The zero-order valence-electron chi connectivity index (χ0n) is 20.5. The molecule has 0 saturated heterocycles. The maximum Gasteiger partial charge on any atom is 0.360 e. The molecule has 2 aromatic rings. The van der Waals surface area contributed by atoms with E-state index in [4.69, 9.17) is 14.8 Å². The van der Waals surface area contributed by atoms with Gasteiger partial charge in [-0.1, -0.05) is 36.4 Å². The fraction of sp³-hybridized carbons (Fsp3) is 0.346. The molecule has 10 heteroatoms. The lowest BCUT2D eigenvalue weighted by Crippen LogP contribution is -2.60. The summed E-state index contributed by atoms with van der Waals surface area (Å²) in [5.41, 5.74) is 4.85. The molecule has 2 aromatic carbocycles. The van der Waals surface area contributed by atoms with Gasteiger partial charge in [-0.15, -0.1) is 0 Å². The summed E-state index contributed by atoms with van der Waals surface area (Å²) in [7, 11) is -1.06. The van der Waals surface area contributed by atoms with E-state index in [1.54, 1.807) is 76.5 Å². The van der Waals surface area contributed by atoms with E-state index in [1.807, 2.05) is 0 Å². The molecule has 5 rings (SSSR count). The van der Waals surface area contributed by atoms with E-state index in [2.05, 4.69) is 6.07 Å². The average Bonchev–Trinajstić information content (AvgIpc) is 3.35. The van der Waals surface area contributed by atoms with Gasteiger partial charge in [-0.25, -0.2) is 0 Å². The number of hydrogen-bond donors (Lipinski definition) is 1. The molecule has 3 aliphatic rings. The fourth-order valence-corrected chi connectivity index (χ4v) is 8.69. The summed E-state index contributed by atoms with van der Waals surface area (Å²) < 4.78 is 26.1. The fourth-order valence-electron chi connectivity index (χ4n) is 6.43. The molecule has 0 fully saturated rings. The number of nitrogens with zero attached hydrogens (tertiary/aromatic N) is 3. The van der Waals surface area contributed by atoms with Crippen LogP contribution >= 0.6 is 7.60 Å². The molecule has 2 heterocycles. The number of nitriles is 1. The van der Waals surface area contributed by atoms with Crippen molar-refractivity contribution >= 4 is 30.8 Å². The monoisotopic (exact) mass is 506 g/mol. The van der Waals surface area contributed by atoms with E-state index in [0.29, 0.717) is 22.5 Å². The minimum absolute atomic E-state index is 0.00444. The smallest absolute Gasteiger partial charge is 0.360 e. The molecule has 2 N–H and O–H groups in total. The number of allylic oxidation sites excluding steroid dienone is 1. The summed E-state index contributed by atoms with van der Waals surface area (Å²) in [6.07, 6.45) is 0. The third-order valence-electron chi connectivity index (χ3n) is 7.59. The normalized spacial score (nSPS) is 26.8. The van der Waals surface area contributed by atoms with E-state index >= 15 is 0 Å². The first-order valence-corrected chi connectivity index (χ1v) is 13.3. The molecule has 9 nitrogen and oxygen atoms in total. The van der Waals surface area contributed by atoms with Crippen molar-refractivity contribution in [1.82, 2.24) is 0 Å². The third-order valence-corrected chi connectivity index (χ3v) is 9.93. The van der Waals surface area contributed by atoms with Gasteiger partial charge in [0.25, 0.3) is 0 Å². The van der Waals surface area contributed by atoms with E-state index < -0.39 is 36.2 Å². The lowest BCUT2D eigenvalue weighted by molar-refractivity contribution is -0.133. The predicted octanol–water partition coefficient (Wildman–Crippen LogP) is 3.40. The van der Waals surface area contributed by atoms with Crippen molar-refractivity contribution in [2.24, 2.45) is 11.7 Å². The number of likely N-dealkylation sites (N-methyl/N-ethyl adjacent to an activating group) is 2. The first-order valence-electron chi connectivity index (χ1n) is 11.7. The van der Waals surface area contributed by atoms with Gasteiger partial charge in [0.05, 0.1) is 24.6 Å². The predicted molar refractivity (Wildman–Crippen MR) is 134 cm³/mol. The summed E-state index contributed by atoms with van der Waals surface area (Å²) in [5, 5.41) is 10.4. The zero-order valence-corrected chi connectivity index (χ0v) is 21.4. The summed E-state index contributed by atoms with van der Waals surface area (Å²) >= 11 is 0. The number of nitrogens with two attached hydrogens (primary N) is 1. The van der Waals surface area contributed by atoms with E-state index in [1.165, 1.54) is 9.80 Å². The molecule has 2 aliphatic heterocycles. The Hall–Kier alpha value is -3.44. The van der Waals surface area contributed by atoms with Gasteiger partial charge in [0.1, 0.15) is 16.7 Å². The van der Waals surface area contributed by atoms with Crippen LogP contribution in [0.3, 0.4) is 0 Å². The third kappa shape index (κ3) is 2.49. The van der Waals surface area contributed by atoms with Crippen molar-refractivity contribution in [3.63, 3.8) is 0 Å². The standard InChI is InChI=1S/C26H27N4O5P/c1-5-34-36(33,35-6-2)22-21(28)18(15-27)25(16-11-7-9-13-19(16)29(3)23(25)31)26(22)17-12-8-10-14-20(17)30(4)24(26)32/h7-14,18H,5-6,28H2,1-4H3/t18-,25?,26?/m0/s1. The topological polar surface area (TPSA) is 126 Å². The second kappa shape index (κ2) is 8.04. The molecule has 0 bridgehead atoms. The van der Waals surface area contributed by atoms with E-state index in [0.717, 1.165) is 0 Å². The highest BCUT2D eigenvalue weighted by molar-refractivity contribution is 7.58. The van der Waals surface area contributed by atoms with Gasteiger partial charge in [-0.3, -0.25) is 14.2 Å². The van der Waals surface area contributed by atoms with Gasteiger partial charge in [0, 0.05) is 31.2 Å². The van der Waals surface area contributed by atoms with Gasteiger partial charge in [0.2, 0.25) is 11.8 Å². The molecule has 186 valence electrons. The largest absolute Gasteiger partial charge is 0.400 e. The van der Waals surface area contributed by atoms with Gasteiger partial charge in [0.15, 0.2) is 0 Å². The quantitative estimate of drug-likeness (QED) is 0.616. The lowest BCUT2D eigenvalue weighted by Gasteiger charge is -2.42. The molecule has 3 atom stereocenters. The Morgan fingerprint density at radius 3 is 2.00 bits per heavy atom. The van der Waals surface area contributed by atoms with Gasteiger partial charge in [-0.2, -0.15) is 5.26 Å². The Kier molecular flexibility index (Phi) is 5.42. The second-order valence-corrected chi connectivity index (χ2v) is 11.0. The van der Waals surface area contributed by atoms with Gasteiger partial charge in [-0.05, 0) is 37.1 Å². The highest BCUT2D eigenvalue weighted by Crippen LogP contribution is 2.76. The van der Waals surface area contributed by atoms with E-state index in [-0.39, 0.29) is 24.2 Å². The molecule has 36 heavy (non-hydrogen) atoms. The summed E-state index contributed by atoms with van der Waals surface area (Å²) in [6.45, 7) is 3.32. The summed E-state index contributed by atoms with van der Waals surface area (Å²) in [4.78, 5) is 31.9. The maximum absolute atomic E-state index is 14.6. The minimum Gasteiger partial charge on any atom is -0.400 e. The number of para-hydroxylation sites is 2. The molecule has 0 radical (unpaired) electrons. The molecule has 0 aromatic heterocycles. The first kappa shape index (κ1) is 24.3. The van der Waals surface area contributed by atoms with Crippen LogP contribution in [0.2, 0.25) is 0 Å². The molecule has 1 aliphatic carbocycles. The first-order chi connectivity index (χ1) is 17.2. The van der Waals surface area contributed by atoms with Gasteiger partial charge < -0.3 is 24.6 Å². The molecular formula is C26H27N4O5P. The lowest BCUT2D eigenvalue weighted by atomic mass is 9.56. The van der Waals surface area contributed by atoms with Crippen molar-refractivity contribution in [2.75, 3.05) is 37.1 Å². The van der Waals surface area contributed by atoms with Crippen LogP contribution in [0.1, 0.15) is 25.0 Å². The Morgan fingerprint density at radius 1 is 0.944 bits per heavy atom. The molecule has 2 unspecified atom stereocenters. The minimum atomic E-state index is -4.26. The Labute approximate surface area is 209 Å². The summed E-state index contributed by atoms with van der Waals surface area (Å²) in [5.74, 6) is -2.30. The van der Waals surface area contributed by atoms with Crippen LogP contribution in [0.4, 0.5) is 11.4 Å². The SMILES string of the molecule is CCOP(=O)(OCC)C1=C(N)[C@H](C#N)C2(C(=O)N(C)c3ccccc32)C12C(=O)N(C)c1ccccc12. The van der Waals surface area contributed by atoms with Crippen molar-refractivity contribution in [2.45, 2.75) is 24.7 Å². The molecular weight excluding hydrogens is 479 g/mol. The second-order valence-electron chi connectivity index (χ2n) is 9.02. The number of benzene rings is 2. The molecule has 2 amide bonds. The highest BCUT2D eigenvalue weighted by Gasteiger charge is 2.81. The van der Waals surface area contributed by atoms with Crippen LogP contribution in [0.15, 0.2) is 59.5 Å². The number of hydrogen-bond acceptors (Lipinski definition) is 7. The Morgan fingerprint density at radius 2 is 1.44 bits per heavy atom. The van der Waals surface area contributed by atoms with Gasteiger partial charge >= 0.3 is 7.60 Å². The van der Waals surface area contributed by atoms with Crippen LogP contribution in [0.5, 0.6) is 0 Å². The molecule has 0 saturated carbocycles. The number of anilines is 2. The van der Waals surface area contributed by atoms with Crippen LogP contribution in [-0.4, -0.2) is 39.1 Å². The zero-order chi connectivity index (χ0) is 26.0. The van der Waals surface area contributed by atoms with Crippen molar-refractivity contribution < 1.29 is 23.2 Å². The van der Waals surface area contributed by atoms with Crippen LogP contribution in [-0.2, 0) is 34.0 Å². The Bertz CT molecular complexity index is 1420. The van der Waals surface area contributed by atoms with E-state index in [9.17, 15) is 19.4 Å². The number of amides is 2. The maximum atomic E-state index is 14.6. The average molecular weight is 506 g/mol. The number of fused-ring (bicyclic) bond motifs is 5.